The van der Waals surface area contributed by atoms with Crippen molar-refractivity contribution in [3.8, 4) is 0 Å². The highest BCUT2D eigenvalue weighted by atomic mass is 32.2. The number of hydrogen-bond donors (Lipinski definition) is 0. The second kappa shape index (κ2) is 5.17. The van der Waals surface area contributed by atoms with Crippen LogP contribution in [-0.4, -0.2) is 24.1 Å². The normalized spacial score (nSPS) is 33.6. The predicted molar refractivity (Wildman–Crippen MR) is 81.3 cm³/mol. The Balaban J connectivity index is 2.52. The number of hydrogen-bond acceptors (Lipinski definition) is 2. The Hall–Kier alpha value is -0.613. The van der Waals surface area contributed by atoms with Crippen LogP contribution in [0.4, 0.5) is 0 Å². The zero-order valence-electron chi connectivity index (χ0n) is 12.5. The van der Waals surface area contributed by atoms with E-state index < -0.39 is 23.0 Å². The van der Waals surface area contributed by atoms with E-state index in [1.54, 1.807) is 0 Å². The molecular weight excluding hydrogens is 258 g/mol. The molecule has 18 heavy (non-hydrogen) atoms. The summed E-state index contributed by atoms with van der Waals surface area (Å²) in [7, 11) is -4.08. The molecule has 100 valence electrons. The van der Waals surface area contributed by atoms with E-state index in [-0.39, 0.29) is 0 Å². The van der Waals surface area contributed by atoms with Crippen LogP contribution in [0.5, 0.6) is 0 Å². The fourth-order valence-corrected chi connectivity index (χ4v) is 7.76. The largest absolute Gasteiger partial charge is 0.244 e. The lowest BCUT2D eigenvalue weighted by atomic mass is 10.2. The molecule has 0 N–H and O–H groups in total. The van der Waals surface area contributed by atoms with Crippen molar-refractivity contribution >= 4 is 17.8 Å². The average Bonchev–Trinajstić information content (AvgIpc) is 2.32. The summed E-state index contributed by atoms with van der Waals surface area (Å²) < 4.78 is 26.7. The fraction of sp³-hybridized carbons (Fsp3) is 0.571. The minimum absolute atomic E-state index is 0.625. The molecule has 0 aromatic heterocycles. The molecule has 1 aromatic carbocycles. The summed E-state index contributed by atoms with van der Waals surface area (Å²) in [5.41, 5.74) is 0. The van der Waals surface area contributed by atoms with Gasteiger partial charge in [-0.1, -0.05) is 37.8 Å². The third-order valence-electron chi connectivity index (χ3n) is 3.07. The Morgan fingerprint density at radius 3 is 2.67 bits per heavy atom. The minimum atomic E-state index is -2.62. The summed E-state index contributed by atoms with van der Waals surface area (Å²) in [5, 5.41) is -0.906. The Labute approximate surface area is 113 Å². The monoisotopic (exact) mass is 282 g/mol. The van der Waals surface area contributed by atoms with Gasteiger partial charge in [0.25, 0.3) is 0 Å². The maximum absolute atomic E-state index is 13.4. The van der Waals surface area contributed by atoms with E-state index in [9.17, 15) is 4.21 Å². The molecule has 0 saturated heterocycles. The summed E-state index contributed by atoms with van der Waals surface area (Å²) in [6.07, 6.45) is 1.59. The van der Waals surface area contributed by atoms with Gasteiger partial charge in [0.15, 0.2) is 0 Å². The van der Waals surface area contributed by atoms with E-state index in [4.69, 9.17) is 1.37 Å². The molecule has 0 amide bonds. The third kappa shape index (κ3) is 3.04. The van der Waals surface area contributed by atoms with Gasteiger partial charge in [0.05, 0.1) is 9.73 Å². The van der Waals surface area contributed by atoms with Crippen molar-refractivity contribution in [1.82, 2.24) is 0 Å². The van der Waals surface area contributed by atoms with Gasteiger partial charge in [-0.2, -0.15) is 0 Å². The van der Waals surface area contributed by atoms with E-state index in [1.165, 1.54) is 0 Å². The van der Waals surface area contributed by atoms with Crippen LogP contribution < -0.4 is 0 Å². The topological polar surface area (TPSA) is 29.4 Å². The van der Waals surface area contributed by atoms with Gasteiger partial charge in [0.1, 0.15) is 0 Å². The first-order chi connectivity index (χ1) is 8.77. The second-order valence-electron chi connectivity index (χ2n) is 6.07. The Bertz CT molecular complexity index is 561. The van der Waals surface area contributed by atoms with E-state index in [0.29, 0.717) is 13.0 Å². The van der Waals surface area contributed by atoms with Crippen LogP contribution in [0.25, 0.3) is 0 Å². The van der Waals surface area contributed by atoms with E-state index in [1.807, 2.05) is 30.3 Å². The molecule has 2 atom stereocenters. The van der Waals surface area contributed by atoms with Gasteiger partial charge < -0.3 is 0 Å². The van der Waals surface area contributed by atoms with Crippen LogP contribution in [0.1, 0.15) is 14.2 Å². The van der Waals surface area contributed by atoms with Crippen LogP contribution in [0.2, 0.25) is 25.7 Å². The third-order valence-corrected chi connectivity index (χ3v) is 7.40. The van der Waals surface area contributed by atoms with Crippen molar-refractivity contribution in [2.24, 2.45) is 4.36 Å². The smallest absolute Gasteiger partial charge is 0.0778 e. The Kier molecular flexibility index (Phi) is 3.57. The van der Waals surface area contributed by atoms with Gasteiger partial charge in [-0.25, -0.2) is 8.57 Å². The van der Waals surface area contributed by atoms with Crippen molar-refractivity contribution in [2.75, 3.05) is 6.54 Å². The summed E-state index contributed by atoms with van der Waals surface area (Å²) >= 11 is 0. The zero-order chi connectivity index (χ0) is 14.1. The fourth-order valence-electron chi connectivity index (χ4n) is 2.32. The maximum atomic E-state index is 13.4. The van der Waals surface area contributed by atoms with Gasteiger partial charge in [0.2, 0.25) is 0 Å². The summed E-state index contributed by atoms with van der Waals surface area (Å²) in [4.78, 5) is 0.739. The van der Waals surface area contributed by atoms with Gasteiger partial charge in [-0.15, -0.1) is 0 Å². The van der Waals surface area contributed by atoms with Crippen LogP contribution in [-0.2, 0) is 9.73 Å². The molecule has 1 aliphatic heterocycles. The first-order valence-corrected chi connectivity index (χ1v) is 11.8. The lowest BCUT2D eigenvalue weighted by Crippen LogP contribution is -2.34. The van der Waals surface area contributed by atoms with Crippen molar-refractivity contribution in [3.63, 3.8) is 0 Å². The van der Waals surface area contributed by atoms with Crippen LogP contribution >= 0.6 is 0 Å². The standard InChI is InChI=1S/C14H23NOSSi/c1-18(2,3)12-14-10-7-11-15-17(14,16)13-8-5-4-6-9-13/h4-6,8-9,14H,7,10-12H2,1-3H3/t14-,17-/m1/s1/i14D. The molecule has 0 radical (unpaired) electrons. The molecule has 0 bridgehead atoms. The van der Waals surface area contributed by atoms with Crippen molar-refractivity contribution in [1.29, 1.82) is 0 Å². The molecule has 0 saturated carbocycles. The lowest BCUT2D eigenvalue weighted by Gasteiger charge is -2.30. The number of benzene rings is 1. The number of nitrogens with zero attached hydrogens (tertiary/aromatic N) is 1. The Morgan fingerprint density at radius 2 is 2.06 bits per heavy atom. The first-order valence-electron chi connectivity index (χ1n) is 7.05. The SMILES string of the molecule is [2H][C@]1(C[Si](C)(C)C)CCCN=[S@@]1(=O)c1ccccc1. The molecule has 1 aromatic rings. The highest BCUT2D eigenvalue weighted by Crippen LogP contribution is 2.31. The summed E-state index contributed by atoms with van der Waals surface area (Å²) in [5.74, 6) is 0. The van der Waals surface area contributed by atoms with Gasteiger partial charge in [-0.05, 0) is 31.0 Å². The van der Waals surface area contributed by atoms with E-state index >= 15 is 0 Å². The zero-order valence-corrected chi connectivity index (χ0v) is 13.3. The van der Waals surface area contributed by atoms with Gasteiger partial charge in [0, 0.05) is 26.1 Å². The van der Waals surface area contributed by atoms with Crippen molar-refractivity contribution in [3.05, 3.63) is 30.3 Å². The minimum Gasteiger partial charge on any atom is -0.244 e. The van der Waals surface area contributed by atoms with Crippen molar-refractivity contribution in [2.45, 2.75) is 48.6 Å². The van der Waals surface area contributed by atoms with Crippen LogP contribution in [0, 0.1) is 0 Å². The molecule has 1 heterocycles. The second-order valence-corrected chi connectivity index (χ2v) is 13.9. The van der Waals surface area contributed by atoms with Crippen LogP contribution in [0.3, 0.4) is 0 Å². The first kappa shape index (κ1) is 12.4. The molecule has 0 spiro atoms. The number of rotatable bonds is 3. The summed E-state index contributed by atoms with van der Waals surface area (Å²) in [6.45, 7) is 7.34. The van der Waals surface area contributed by atoms with Crippen molar-refractivity contribution < 1.29 is 5.58 Å². The molecular formula is C14H23NOSSi. The van der Waals surface area contributed by atoms with Gasteiger partial charge in [-0.3, -0.25) is 0 Å². The highest BCUT2D eigenvalue weighted by Gasteiger charge is 2.31. The maximum Gasteiger partial charge on any atom is 0.0778 e. The Morgan fingerprint density at radius 1 is 1.39 bits per heavy atom. The summed E-state index contributed by atoms with van der Waals surface area (Å²) in [6, 6.07) is 10.2. The molecule has 1 aliphatic rings. The van der Waals surface area contributed by atoms with Gasteiger partial charge >= 0.3 is 0 Å². The lowest BCUT2D eigenvalue weighted by molar-refractivity contribution is 0.627. The molecule has 2 rings (SSSR count). The van der Waals surface area contributed by atoms with E-state index in [2.05, 4.69) is 24.0 Å². The predicted octanol–water partition coefficient (Wildman–Crippen LogP) is 4.01. The van der Waals surface area contributed by atoms with Crippen LogP contribution in [0.15, 0.2) is 39.6 Å². The molecule has 0 aliphatic carbocycles. The average molecular weight is 283 g/mol. The highest BCUT2D eigenvalue weighted by molar-refractivity contribution is 7.94. The molecule has 0 unspecified atom stereocenters. The van der Waals surface area contributed by atoms with E-state index in [0.717, 1.165) is 17.4 Å². The molecule has 0 fully saturated rings. The molecule has 2 nitrogen and oxygen atoms in total. The quantitative estimate of drug-likeness (QED) is 0.770. The molecule has 4 heteroatoms.